The van der Waals surface area contributed by atoms with Gasteiger partial charge in [-0.05, 0) is 79.9 Å². The quantitative estimate of drug-likeness (QED) is 0.166. The van der Waals surface area contributed by atoms with Crippen LogP contribution in [0.4, 0.5) is 5.13 Å². The monoisotopic (exact) mass is 562 g/mol. The highest BCUT2D eigenvalue weighted by Gasteiger charge is 2.48. The van der Waals surface area contributed by atoms with Gasteiger partial charge in [0.25, 0.3) is 5.78 Å². The fraction of sp³-hybridized carbons (Fsp3) is 0.179. The number of thiazole rings is 1. The fourth-order valence-electron chi connectivity index (χ4n) is 4.52. The largest absolute Gasteiger partial charge is 0.507 e. The topological polar surface area (TPSA) is 79.7 Å². The average Bonchev–Trinajstić information content (AvgIpc) is 3.38. The lowest BCUT2D eigenvalue weighted by molar-refractivity contribution is -0.132. The van der Waals surface area contributed by atoms with Gasteiger partial charge in [0.1, 0.15) is 11.5 Å². The van der Waals surface area contributed by atoms with E-state index in [4.69, 9.17) is 9.72 Å². The number of carbonyl (C=O) groups excluding carboxylic acids is 2. The molecule has 1 atom stereocenters. The number of anilines is 1. The van der Waals surface area contributed by atoms with E-state index in [1.54, 1.807) is 24.3 Å². The molecule has 5 rings (SSSR count). The van der Waals surface area contributed by atoms with E-state index in [-0.39, 0.29) is 11.3 Å². The molecule has 1 amide bonds. The zero-order valence-electron chi connectivity index (χ0n) is 19.9. The van der Waals surface area contributed by atoms with E-state index < -0.39 is 17.7 Å². The van der Waals surface area contributed by atoms with Gasteiger partial charge >= 0.3 is 5.91 Å². The minimum atomic E-state index is -0.837. The van der Waals surface area contributed by atoms with E-state index in [2.05, 4.69) is 15.9 Å². The number of aryl methyl sites for hydroxylation is 2. The molecule has 1 aliphatic heterocycles. The van der Waals surface area contributed by atoms with Crippen molar-refractivity contribution < 1.29 is 19.4 Å². The Hall–Kier alpha value is -3.49. The maximum absolute atomic E-state index is 13.5. The lowest BCUT2D eigenvalue weighted by Crippen LogP contribution is -2.29. The van der Waals surface area contributed by atoms with Gasteiger partial charge in [0.2, 0.25) is 0 Å². The third-order valence-corrected chi connectivity index (χ3v) is 7.57. The van der Waals surface area contributed by atoms with E-state index in [0.29, 0.717) is 28.6 Å². The van der Waals surface area contributed by atoms with Crippen LogP contribution in [0.5, 0.6) is 5.75 Å². The number of hydrogen-bond donors (Lipinski definition) is 1. The third kappa shape index (κ3) is 4.20. The molecule has 0 saturated carbocycles. The maximum Gasteiger partial charge on any atom is 0.301 e. The van der Waals surface area contributed by atoms with Gasteiger partial charge in [0, 0.05) is 10.0 Å². The maximum atomic E-state index is 13.5. The first kappa shape index (κ1) is 24.2. The van der Waals surface area contributed by atoms with E-state index in [0.717, 1.165) is 25.8 Å². The number of halogens is 1. The molecule has 1 fully saturated rings. The summed E-state index contributed by atoms with van der Waals surface area (Å²) in [4.78, 5) is 33.0. The number of fused-ring (bicyclic) bond motifs is 1. The summed E-state index contributed by atoms with van der Waals surface area (Å²) in [6.07, 6.45) is 0. The standard InChI is InChI=1S/C28H23BrN2O4S/c1-4-35-20-10-8-17(9-11-20)25(32)22-24(18-6-5-7-19(29)14-18)31(27(34)26(22)33)28-30-23-16(3)12-15(2)13-21(23)36-28/h5-14,24,32H,4H2,1-3H3/b25-22+. The van der Waals surface area contributed by atoms with Crippen LogP contribution < -0.4 is 9.64 Å². The minimum absolute atomic E-state index is 0.0226. The molecule has 6 nitrogen and oxygen atoms in total. The molecule has 4 aromatic rings. The van der Waals surface area contributed by atoms with Crippen molar-refractivity contribution in [1.29, 1.82) is 0 Å². The number of nitrogens with zero attached hydrogens (tertiary/aromatic N) is 2. The molecular formula is C28H23BrN2O4S. The molecule has 0 aliphatic carbocycles. The molecule has 182 valence electrons. The third-order valence-electron chi connectivity index (χ3n) is 6.07. The number of aromatic nitrogens is 1. The predicted octanol–water partition coefficient (Wildman–Crippen LogP) is 6.70. The summed E-state index contributed by atoms with van der Waals surface area (Å²) in [6.45, 7) is 6.39. The second-order valence-corrected chi connectivity index (χ2v) is 10.5. The average molecular weight is 563 g/mol. The summed E-state index contributed by atoms with van der Waals surface area (Å²) in [6, 6.07) is 17.4. The van der Waals surface area contributed by atoms with E-state index >= 15 is 0 Å². The molecule has 2 heterocycles. The smallest absolute Gasteiger partial charge is 0.301 e. The van der Waals surface area contributed by atoms with Crippen LogP contribution in [0.15, 0.2) is 70.7 Å². The van der Waals surface area contributed by atoms with Gasteiger partial charge in [-0.2, -0.15) is 0 Å². The van der Waals surface area contributed by atoms with Crippen molar-refractivity contribution in [2.24, 2.45) is 0 Å². The van der Waals surface area contributed by atoms with Crippen LogP contribution in [0.1, 0.15) is 35.2 Å². The summed E-state index contributed by atoms with van der Waals surface area (Å²) in [5, 5.41) is 11.7. The van der Waals surface area contributed by atoms with Crippen molar-refractivity contribution in [2.45, 2.75) is 26.8 Å². The van der Waals surface area contributed by atoms with Gasteiger partial charge in [-0.1, -0.05) is 45.5 Å². The summed E-state index contributed by atoms with van der Waals surface area (Å²) in [5.74, 6) is -1.06. The predicted molar refractivity (Wildman–Crippen MR) is 146 cm³/mol. The van der Waals surface area contributed by atoms with E-state index in [1.807, 2.05) is 57.2 Å². The number of Topliss-reactive ketones (excluding diaryl/α,β-unsaturated/α-hetero) is 1. The minimum Gasteiger partial charge on any atom is -0.507 e. The number of benzene rings is 3. The number of aliphatic hydroxyl groups excluding tert-OH is 1. The zero-order valence-corrected chi connectivity index (χ0v) is 22.3. The van der Waals surface area contributed by atoms with Crippen molar-refractivity contribution in [3.63, 3.8) is 0 Å². The Bertz CT molecular complexity index is 1540. The van der Waals surface area contributed by atoms with Gasteiger partial charge < -0.3 is 9.84 Å². The summed E-state index contributed by atoms with van der Waals surface area (Å²) >= 11 is 4.85. The number of carbonyl (C=O) groups is 2. The van der Waals surface area contributed by atoms with Gasteiger partial charge in [-0.15, -0.1) is 0 Å². The van der Waals surface area contributed by atoms with Crippen molar-refractivity contribution >= 4 is 60.1 Å². The van der Waals surface area contributed by atoms with Crippen LogP contribution in [0.3, 0.4) is 0 Å². The first-order valence-electron chi connectivity index (χ1n) is 11.5. The Morgan fingerprint density at radius 3 is 2.56 bits per heavy atom. The lowest BCUT2D eigenvalue weighted by Gasteiger charge is -2.23. The van der Waals surface area contributed by atoms with Crippen LogP contribution in [0.25, 0.3) is 16.0 Å². The van der Waals surface area contributed by atoms with E-state index in [1.165, 1.54) is 16.2 Å². The molecule has 1 N–H and O–H groups in total. The second-order valence-electron chi connectivity index (χ2n) is 8.61. The Kier molecular flexibility index (Phi) is 6.40. The number of rotatable bonds is 5. The van der Waals surface area contributed by atoms with Crippen LogP contribution in [0, 0.1) is 13.8 Å². The summed E-state index contributed by atoms with van der Waals surface area (Å²) in [5.41, 5.74) is 4.01. The molecule has 0 radical (unpaired) electrons. The van der Waals surface area contributed by atoms with Crippen molar-refractivity contribution in [1.82, 2.24) is 4.98 Å². The van der Waals surface area contributed by atoms with Crippen molar-refractivity contribution in [2.75, 3.05) is 11.5 Å². The SMILES string of the molecule is CCOc1ccc(/C(O)=C2\C(=O)C(=O)N(c3nc4c(C)cc(C)cc4s3)C2c2cccc(Br)c2)cc1. The number of aliphatic hydroxyl groups is 1. The first-order valence-corrected chi connectivity index (χ1v) is 13.1. The highest BCUT2D eigenvalue weighted by molar-refractivity contribution is 9.10. The highest BCUT2D eigenvalue weighted by atomic mass is 79.9. The number of ether oxygens (including phenoxy) is 1. The first-order chi connectivity index (χ1) is 17.3. The number of ketones is 1. The van der Waals surface area contributed by atoms with Crippen LogP contribution in [0.2, 0.25) is 0 Å². The van der Waals surface area contributed by atoms with Crippen molar-refractivity contribution in [3.8, 4) is 5.75 Å². The highest BCUT2D eigenvalue weighted by Crippen LogP contribution is 2.45. The molecule has 0 spiro atoms. The van der Waals surface area contributed by atoms with Crippen LogP contribution in [-0.2, 0) is 9.59 Å². The van der Waals surface area contributed by atoms with Gasteiger partial charge in [-0.25, -0.2) is 4.98 Å². The van der Waals surface area contributed by atoms with Gasteiger partial charge in [0.15, 0.2) is 5.13 Å². The molecule has 0 bridgehead atoms. The van der Waals surface area contributed by atoms with Crippen LogP contribution in [-0.4, -0.2) is 28.4 Å². The molecule has 1 aromatic heterocycles. The normalized spacial score (nSPS) is 17.2. The van der Waals surface area contributed by atoms with Crippen molar-refractivity contribution in [3.05, 3.63) is 93.0 Å². The Morgan fingerprint density at radius 2 is 1.86 bits per heavy atom. The van der Waals surface area contributed by atoms with Gasteiger partial charge in [0.05, 0.1) is 28.4 Å². The Morgan fingerprint density at radius 1 is 1.11 bits per heavy atom. The Labute approximate surface area is 221 Å². The van der Waals surface area contributed by atoms with Crippen LogP contribution >= 0.6 is 27.3 Å². The number of hydrogen-bond acceptors (Lipinski definition) is 6. The molecule has 1 saturated heterocycles. The molecule has 36 heavy (non-hydrogen) atoms. The Balaban J connectivity index is 1.70. The molecule has 1 unspecified atom stereocenters. The number of amides is 1. The molecular weight excluding hydrogens is 540 g/mol. The molecule has 1 aliphatic rings. The lowest BCUT2D eigenvalue weighted by atomic mass is 9.95. The summed E-state index contributed by atoms with van der Waals surface area (Å²) < 4.78 is 7.22. The van der Waals surface area contributed by atoms with E-state index in [9.17, 15) is 14.7 Å². The molecule has 3 aromatic carbocycles. The second kappa shape index (κ2) is 9.52. The molecule has 8 heteroatoms. The zero-order chi connectivity index (χ0) is 25.6. The summed E-state index contributed by atoms with van der Waals surface area (Å²) in [7, 11) is 0. The van der Waals surface area contributed by atoms with Gasteiger partial charge in [-0.3, -0.25) is 14.5 Å². The fourth-order valence-corrected chi connectivity index (χ4v) is 6.10.